The minimum Gasteiger partial charge on any atom is -0.468 e. The van der Waals surface area contributed by atoms with Crippen molar-refractivity contribution in [3.8, 4) is 0 Å². The number of carbonyl (C=O) groups is 3. The molecule has 0 heterocycles. The smallest absolute Gasteiger partial charge is 0.320 e. The van der Waals surface area contributed by atoms with E-state index in [9.17, 15) is 14.4 Å². The third-order valence-electron chi connectivity index (χ3n) is 2.15. The fourth-order valence-electron chi connectivity index (χ4n) is 1.31. The van der Waals surface area contributed by atoms with Crippen LogP contribution in [0.25, 0.3) is 0 Å². The summed E-state index contributed by atoms with van der Waals surface area (Å²) in [5, 5.41) is 0. The van der Waals surface area contributed by atoms with Gasteiger partial charge in [-0.1, -0.05) is 6.58 Å². The zero-order valence-electron chi connectivity index (χ0n) is 10.6. The van der Waals surface area contributed by atoms with Gasteiger partial charge in [0.05, 0.1) is 20.8 Å². The highest BCUT2D eigenvalue weighted by molar-refractivity contribution is 5.95. The van der Waals surface area contributed by atoms with Crippen molar-refractivity contribution in [2.24, 2.45) is 11.8 Å². The van der Waals surface area contributed by atoms with Crippen LogP contribution in [0.5, 0.6) is 0 Å². The Morgan fingerprint density at radius 3 is 2.06 bits per heavy atom. The maximum atomic E-state index is 11.5. The van der Waals surface area contributed by atoms with E-state index in [1.54, 1.807) is 0 Å². The summed E-state index contributed by atoms with van der Waals surface area (Å²) < 4.78 is 13.8. The molecule has 0 amide bonds. The molecule has 0 fully saturated rings. The zero-order chi connectivity index (χ0) is 14.1. The van der Waals surface area contributed by atoms with Gasteiger partial charge in [-0.2, -0.15) is 0 Å². The highest BCUT2D eigenvalue weighted by Gasteiger charge is 2.36. The van der Waals surface area contributed by atoms with Gasteiger partial charge < -0.3 is 14.2 Å². The van der Waals surface area contributed by atoms with Crippen molar-refractivity contribution in [2.75, 3.05) is 20.8 Å². The Kier molecular flexibility index (Phi) is 7.15. The van der Waals surface area contributed by atoms with Crippen LogP contribution in [0.3, 0.4) is 0 Å². The van der Waals surface area contributed by atoms with Crippen LogP contribution in [0.4, 0.5) is 0 Å². The molecule has 18 heavy (non-hydrogen) atoms. The van der Waals surface area contributed by atoms with E-state index in [1.165, 1.54) is 13.0 Å². The third-order valence-corrected chi connectivity index (χ3v) is 2.15. The Balaban J connectivity index is 5.08. The molecular formula is C12H16O6. The van der Waals surface area contributed by atoms with E-state index in [4.69, 9.17) is 4.74 Å². The lowest BCUT2D eigenvalue weighted by atomic mass is 9.93. The van der Waals surface area contributed by atoms with Crippen LogP contribution >= 0.6 is 0 Å². The highest BCUT2D eigenvalue weighted by atomic mass is 16.5. The predicted molar refractivity (Wildman–Crippen MR) is 61.4 cm³/mol. The number of carbonyl (C=O) groups excluding carboxylic acids is 3. The lowest BCUT2D eigenvalue weighted by Crippen LogP contribution is -2.35. The first-order chi connectivity index (χ1) is 8.47. The minimum absolute atomic E-state index is 0.160. The second kappa shape index (κ2) is 8.08. The van der Waals surface area contributed by atoms with Crippen LogP contribution in [0.2, 0.25) is 0 Å². The van der Waals surface area contributed by atoms with Gasteiger partial charge in [0.15, 0.2) is 5.92 Å². The standard InChI is InChI=1S/C12H16O6/c1-5-6-9(7-18-8(2)13)10(11(14)16-3)12(15)17-4/h6,9-10H,1,7H2,2-4H3/t9-/m1/s1. The number of esters is 3. The molecule has 0 aromatic heterocycles. The summed E-state index contributed by atoms with van der Waals surface area (Å²) in [7, 11) is 2.30. The summed E-state index contributed by atoms with van der Waals surface area (Å²) in [6.07, 6.45) is 1.36. The Hall–Kier alpha value is -2.07. The summed E-state index contributed by atoms with van der Waals surface area (Å²) >= 11 is 0. The predicted octanol–water partition coefficient (Wildman–Crippen LogP) is 0.469. The summed E-state index contributed by atoms with van der Waals surface area (Å²) in [4.78, 5) is 33.8. The Morgan fingerprint density at radius 1 is 1.22 bits per heavy atom. The van der Waals surface area contributed by atoms with Gasteiger partial charge >= 0.3 is 17.9 Å². The second-order valence-electron chi connectivity index (χ2n) is 3.36. The van der Waals surface area contributed by atoms with E-state index in [1.807, 2.05) is 0 Å². The normalized spacial score (nSPS) is 11.1. The SMILES string of the molecule is C=C=C[C@H](COC(C)=O)C(C(=O)OC)C(=O)OC. The van der Waals surface area contributed by atoms with E-state index in [2.05, 4.69) is 21.8 Å². The number of hydrogen-bond acceptors (Lipinski definition) is 6. The average Bonchev–Trinajstić information content (AvgIpc) is 2.35. The maximum Gasteiger partial charge on any atom is 0.320 e. The van der Waals surface area contributed by atoms with Gasteiger partial charge in [0, 0.05) is 12.8 Å². The first kappa shape index (κ1) is 15.9. The van der Waals surface area contributed by atoms with Gasteiger partial charge in [0.25, 0.3) is 0 Å². The van der Waals surface area contributed by atoms with Gasteiger partial charge in [-0.25, -0.2) is 0 Å². The quantitative estimate of drug-likeness (QED) is 0.297. The number of ether oxygens (including phenoxy) is 3. The molecule has 0 N–H and O–H groups in total. The second-order valence-corrected chi connectivity index (χ2v) is 3.36. The monoisotopic (exact) mass is 256 g/mol. The molecule has 100 valence electrons. The fraction of sp³-hybridized carbons (Fsp3) is 0.500. The highest BCUT2D eigenvalue weighted by Crippen LogP contribution is 2.18. The summed E-state index contributed by atoms with van der Waals surface area (Å²) in [6, 6.07) is 0. The molecule has 0 rings (SSSR count). The van der Waals surface area contributed by atoms with E-state index in [0.29, 0.717) is 0 Å². The minimum atomic E-state index is -1.21. The molecule has 0 aliphatic rings. The topological polar surface area (TPSA) is 78.9 Å². The lowest BCUT2D eigenvalue weighted by molar-refractivity contribution is -0.163. The van der Waals surface area contributed by atoms with Crippen LogP contribution in [0.15, 0.2) is 18.4 Å². The average molecular weight is 256 g/mol. The fourth-order valence-corrected chi connectivity index (χ4v) is 1.31. The zero-order valence-corrected chi connectivity index (χ0v) is 10.6. The van der Waals surface area contributed by atoms with Crippen LogP contribution in [-0.4, -0.2) is 38.7 Å². The molecular weight excluding hydrogens is 240 g/mol. The van der Waals surface area contributed by atoms with Crippen molar-refractivity contribution in [3.05, 3.63) is 18.4 Å². The molecule has 0 aliphatic carbocycles. The first-order valence-electron chi connectivity index (χ1n) is 5.12. The molecule has 0 aromatic rings. The van der Waals surface area contributed by atoms with Gasteiger partial charge in [0.1, 0.15) is 0 Å². The lowest BCUT2D eigenvalue weighted by Gasteiger charge is -2.19. The molecule has 0 spiro atoms. The van der Waals surface area contributed by atoms with E-state index in [0.717, 1.165) is 14.2 Å². The summed E-state index contributed by atoms with van der Waals surface area (Å²) in [6.45, 7) is 4.42. The molecule has 6 heteroatoms. The number of hydrogen-bond donors (Lipinski definition) is 0. The number of rotatable bonds is 6. The van der Waals surface area contributed by atoms with E-state index in [-0.39, 0.29) is 6.61 Å². The van der Waals surface area contributed by atoms with Gasteiger partial charge in [-0.3, -0.25) is 14.4 Å². The van der Waals surface area contributed by atoms with Crippen molar-refractivity contribution in [1.82, 2.24) is 0 Å². The van der Waals surface area contributed by atoms with Gasteiger partial charge in [-0.05, 0) is 6.08 Å². The van der Waals surface area contributed by atoms with Crippen LogP contribution in [-0.2, 0) is 28.6 Å². The van der Waals surface area contributed by atoms with Gasteiger partial charge in [-0.15, -0.1) is 5.73 Å². The largest absolute Gasteiger partial charge is 0.468 e. The van der Waals surface area contributed by atoms with Crippen molar-refractivity contribution in [2.45, 2.75) is 6.92 Å². The van der Waals surface area contributed by atoms with Crippen molar-refractivity contribution in [3.63, 3.8) is 0 Å². The summed E-state index contributed by atoms with van der Waals surface area (Å²) in [5.74, 6) is -4.01. The van der Waals surface area contributed by atoms with Crippen molar-refractivity contribution in [1.29, 1.82) is 0 Å². The van der Waals surface area contributed by atoms with Crippen molar-refractivity contribution < 1.29 is 28.6 Å². The molecule has 6 nitrogen and oxygen atoms in total. The van der Waals surface area contributed by atoms with Crippen molar-refractivity contribution >= 4 is 17.9 Å². The van der Waals surface area contributed by atoms with E-state index < -0.39 is 29.7 Å². The Morgan fingerprint density at radius 2 is 1.72 bits per heavy atom. The first-order valence-corrected chi connectivity index (χ1v) is 5.12. The molecule has 0 saturated carbocycles. The summed E-state index contributed by atoms with van der Waals surface area (Å²) in [5.41, 5.74) is 2.45. The van der Waals surface area contributed by atoms with Crippen LogP contribution in [0, 0.1) is 11.8 Å². The molecule has 0 bridgehead atoms. The molecule has 1 atom stereocenters. The Bertz CT molecular complexity index is 351. The molecule has 0 unspecified atom stereocenters. The maximum absolute atomic E-state index is 11.5. The number of methoxy groups -OCH3 is 2. The van der Waals surface area contributed by atoms with Gasteiger partial charge in [0.2, 0.25) is 0 Å². The van der Waals surface area contributed by atoms with Crippen LogP contribution < -0.4 is 0 Å². The van der Waals surface area contributed by atoms with E-state index >= 15 is 0 Å². The Labute approximate surface area is 105 Å². The third kappa shape index (κ3) is 4.84. The van der Waals surface area contributed by atoms with Crippen LogP contribution in [0.1, 0.15) is 6.92 Å². The molecule has 0 aliphatic heterocycles. The molecule has 0 radical (unpaired) electrons. The molecule has 0 aromatic carbocycles. The molecule has 0 saturated heterocycles.